The van der Waals surface area contributed by atoms with Gasteiger partial charge >= 0.3 is 6.03 Å². The Morgan fingerprint density at radius 2 is 1.52 bits per heavy atom. The zero-order chi connectivity index (χ0) is 37.1. The van der Waals surface area contributed by atoms with Crippen LogP contribution in [-0.2, 0) is 14.4 Å². The van der Waals surface area contributed by atoms with Crippen molar-refractivity contribution in [1.82, 2.24) is 20.9 Å². The molecule has 3 saturated heterocycles. The van der Waals surface area contributed by atoms with Gasteiger partial charge in [0.1, 0.15) is 5.78 Å². The molecule has 2 aromatic carbocycles. The Morgan fingerprint density at radius 1 is 0.923 bits per heavy atom. The number of urea groups is 1. The summed E-state index contributed by atoms with van der Waals surface area (Å²) in [5, 5.41) is 11.2. The van der Waals surface area contributed by atoms with Crippen LogP contribution in [0.1, 0.15) is 63.0 Å². The van der Waals surface area contributed by atoms with Crippen LogP contribution < -0.4 is 21.7 Å². The molecule has 2 unspecified atom stereocenters. The molecule has 3 fully saturated rings. The quantitative estimate of drug-likeness (QED) is 0.0928. The molecule has 0 bridgehead atoms. The standard InChI is InChI=1S/C26H27Cl4N3O2.C11H18N2O2S.ClH/c1-32-24(4-2-3-9-31)26(35)33-14-18(10-16-5-7-20(27)22(29)12-16)25(34)19(15-33)11-17-6-8-21(28)23(30)13-17;1-7(14)4-2-3-5-9-10-8(6-16-9)12-11(15)13-10;/h5-8,10-13,24,32H,2-4,9,14-15,31H2,1H3;8-10H,2-6H2,1H3,(H2,12,13,15);1H/b18-10+,19-11+;;/t24-;8?,9-,10?;/m10./s1. The SMILES string of the molecule is CC(=O)CCCC[C@@H]1SCC2NC(=O)NC21.CN[C@H](CCCCN)C(=O)N1C/C(=C\c2ccc(Cl)c(Cl)c2)C(=O)/C(=C/c2ccc(Cl)c(Cl)c2)C1.Cl. The lowest BCUT2D eigenvalue weighted by Crippen LogP contribution is -2.49. The van der Waals surface area contributed by atoms with E-state index >= 15 is 0 Å². The first-order valence-electron chi connectivity index (χ1n) is 17.1. The summed E-state index contributed by atoms with van der Waals surface area (Å²) in [5.41, 5.74) is 8.01. The molecule has 3 aliphatic heterocycles. The summed E-state index contributed by atoms with van der Waals surface area (Å²) in [6, 6.07) is 10.5. The van der Waals surface area contributed by atoms with Crippen LogP contribution in [0.5, 0.6) is 0 Å². The monoisotopic (exact) mass is 831 g/mol. The van der Waals surface area contributed by atoms with Crippen molar-refractivity contribution in [2.24, 2.45) is 5.73 Å². The van der Waals surface area contributed by atoms with Crippen molar-refractivity contribution in [2.45, 2.75) is 75.2 Å². The third-order valence-corrected chi connectivity index (χ3v) is 12.0. The van der Waals surface area contributed by atoms with Crippen molar-refractivity contribution in [3.05, 3.63) is 78.8 Å². The van der Waals surface area contributed by atoms with Crippen molar-refractivity contribution in [2.75, 3.05) is 32.4 Å². The van der Waals surface area contributed by atoms with Crippen LogP contribution in [0.25, 0.3) is 12.2 Å². The van der Waals surface area contributed by atoms with Gasteiger partial charge in [0.25, 0.3) is 0 Å². The number of amides is 3. The third kappa shape index (κ3) is 12.7. The molecule has 3 amide bonds. The molecule has 52 heavy (non-hydrogen) atoms. The predicted molar refractivity (Wildman–Crippen MR) is 218 cm³/mol. The maximum absolute atomic E-state index is 13.4. The van der Waals surface area contributed by atoms with E-state index in [1.54, 1.807) is 67.4 Å². The number of fused-ring (bicyclic) bond motifs is 1. The molecule has 15 heteroatoms. The number of halogens is 5. The Morgan fingerprint density at radius 3 is 2.04 bits per heavy atom. The molecule has 0 aliphatic carbocycles. The van der Waals surface area contributed by atoms with E-state index in [4.69, 9.17) is 52.1 Å². The first-order chi connectivity index (χ1) is 24.4. The highest BCUT2D eigenvalue weighted by Gasteiger charge is 2.42. The van der Waals surface area contributed by atoms with Gasteiger partial charge in [0, 0.05) is 41.7 Å². The topological polar surface area (TPSA) is 134 Å². The number of thioether (sulfide) groups is 1. The number of rotatable bonds is 13. The number of nitrogens with two attached hydrogens (primary N) is 1. The number of hydrogen-bond acceptors (Lipinski definition) is 7. The van der Waals surface area contributed by atoms with E-state index < -0.39 is 0 Å². The highest BCUT2D eigenvalue weighted by atomic mass is 35.5. The molecule has 0 spiro atoms. The first-order valence-corrected chi connectivity index (χ1v) is 19.7. The molecule has 9 nitrogen and oxygen atoms in total. The van der Waals surface area contributed by atoms with Crippen LogP contribution in [0, 0.1) is 0 Å². The smallest absolute Gasteiger partial charge is 0.315 e. The Labute approximate surface area is 336 Å². The number of Topliss-reactive ketones (excluding diaryl/α,β-unsaturated/α-hetero) is 2. The average molecular weight is 834 g/mol. The third-order valence-electron chi connectivity index (χ3n) is 8.99. The van der Waals surface area contributed by atoms with E-state index in [-0.39, 0.29) is 55.0 Å². The van der Waals surface area contributed by atoms with E-state index in [1.807, 2.05) is 11.8 Å². The maximum atomic E-state index is 13.4. The van der Waals surface area contributed by atoms with Crippen LogP contribution in [-0.4, -0.2) is 84.2 Å². The van der Waals surface area contributed by atoms with Gasteiger partial charge in [-0.15, -0.1) is 12.4 Å². The van der Waals surface area contributed by atoms with Crippen molar-refractivity contribution >= 4 is 106 Å². The molecule has 5 rings (SSSR count). The number of unbranched alkanes of at least 4 members (excludes halogenated alkanes) is 2. The van der Waals surface area contributed by atoms with Gasteiger partial charge < -0.3 is 31.4 Å². The number of benzene rings is 2. The van der Waals surface area contributed by atoms with Crippen LogP contribution >= 0.6 is 70.6 Å². The number of nitrogens with zero attached hydrogens (tertiary/aromatic N) is 1. The van der Waals surface area contributed by atoms with Gasteiger partial charge in [0.15, 0.2) is 5.78 Å². The Balaban J connectivity index is 0.000000358. The largest absolute Gasteiger partial charge is 0.332 e. The number of piperidine rings is 1. The molecule has 5 N–H and O–H groups in total. The lowest BCUT2D eigenvalue weighted by molar-refractivity contribution is -0.133. The fraction of sp³-hybridized carbons (Fsp3) is 0.459. The number of likely N-dealkylation sites (tertiary alicyclic amines) is 1. The second-order valence-corrected chi connectivity index (χ2v) is 15.8. The number of likely N-dealkylation sites (N-methyl/N-ethyl adjacent to an activating group) is 1. The Bertz CT molecular complexity index is 1580. The molecule has 284 valence electrons. The second-order valence-electron chi connectivity index (χ2n) is 12.9. The molecule has 0 aromatic heterocycles. The molecular weight excluding hydrogens is 788 g/mol. The number of ketones is 2. The van der Waals surface area contributed by atoms with Gasteiger partial charge in [-0.05, 0) is 93.7 Å². The van der Waals surface area contributed by atoms with Gasteiger partial charge in [-0.2, -0.15) is 11.8 Å². The number of carbonyl (C=O) groups is 4. The van der Waals surface area contributed by atoms with Gasteiger partial charge in [0.05, 0.1) is 38.2 Å². The van der Waals surface area contributed by atoms with Gasteiger partial charge in [-0.25, -0.2) is 4.79 Å². The molecule has 3 aliphatic rings. The van der Waals surface area contributed by atoms with Crippen LogP contribution in [0.3, 0.4) is 0 Å². The molecule has 2 aromatic rings. The lowest BCUT2D eigenvalue weighted by Gasteiger charge is -2.32. The van der Waals surface area contributed by atoms with Crippen molar-refractivity contribution in [1.29, 1.82) is 0 Å². The summed E-state index contributed by atoms with van der Waals surface area (Å²) >= 11 is 26.4. The Kier molecular flexibility index (Phi) is 18.3. The summed E-state index contributed by atoms with van der Waals surface area (Å²) in [5.74, 6) is 1.07. The predicted octanol–water partition coefficient (Wildman–Crippen LogP) is 7.62. The number of carbonyl (C=O) groups excluding carboxylic acids is 4. The van der Waals surface area contributed by atoms with E-state index in [1.165, 1.54) is 0 Å². The van der Waals surface area contributed by atoms with Gasteiger partial charge in [0.2, 0.25) is 5.91 Å². The highest BCUT2D eigenvalue weighted by molar-refractivity contribution is 8.00. The minimum Gasteiger partial charge on any atom is -0.332 e. The fourth-order valence-corrected chi connectivity index (χ4v) is 8.43. The van der Waals surface area contributed by atoms with Crippen molar-refractivity contribution < 1.29 is 19.2 Å². The zero-order valence-electron chi connectivity index (χ0n) is 29.2. The van der Waals surface area contributed by atoms with E-state index in [0.29, 0.717) is 68.0 Å². The van der Waals surface area contributed by atoms with E-state index in [2.05, 4.69) is 16.0 Å². The molecule has 0 saturated carbocycles. The normalized spacial score (nSPS) is 21.5. The highest BCUT2D eigenvalue weighted by Crippen LogP contribution is 2.33. The van der Waals surface area contributed by atoms with Crippen molar-refractivity contribution in [3.63, 3.8) is 0 Å². The first kappa shape index (κ1) is 44.1. The van der Waals surface area contributed by atoms with Crippen LogP contribution in [0.2, 0.25) is 20.1 Å². The molecular formula is C37H46Cl5N5O4S. The zero-order valence-corrected chi connectivity index (χ0v) is 33.8. The molecule has 3 heterocycles. The average Bonchev–Trinajstić information content (AvgIpc) is 3.65. The van der Waals surface area contributed by atoms with Gasteiger partial charge in [-0.3, -0.25) is 9.59 Å². The van der Waals surface area contributed by atoms with E-state index in [9.17, 15) is 19.2 Å². The van der Waals surface area contributed by atoms with Gasteiger partial charge in [-0.1, -0.05) is 71.4 Å². The minimum absolute atomic E-state index is 0. The lowest BCUT2D eigenvalue weighted by atomic mass is 9.93. The molecule has 0 radical (unpaired) electrons. The number of nitrogens with one attached hydrogen (secondary N) is 3. The van der Waals surface area contributed by atoms with E-state index in [0.717, 1.165) is 49.0 Å². The second kappa shape index (κ2) is 21.6. The Hall–Kier alpha value is -2.28. The van der Waals surface area contributed by atoms with Crippen molar-refractivity contribution in [3.8, 4) is 0 Å². The summed E-state index contributed by atoms with van der Waals surface area (Å²) in [6.45, 7) is 2.59. The minimum atomic E-state index is -0.368. The number of hydrogen-bond donors (Lipinski definition) is 4. The maximum Gasteiger partial charge on any atom is 0.315 e. The fourth-order valence-electron chi connectivity index (χ4n) is 6.27. The summed E-state index contributed by atoms with van der Waals surface area (Å²) in [7, 11) is 1.76. The van der Waals surface area contributed by atoms with Crippen LogP contribution in [0.15, 0.2) is 47.5 Å². The van der Waals surface area contributed by atoms with Crippen LogP contribution in [0.4, 0.5) is 4.79 Å². The summed E-state index contributed by atoms with van der Waals surface area (Å²) < 4.78 is 0. The molecule has 4 atom stereocenters. The summed E-state index contributed by atoms with van der Waals surface area (Å²) in [6.07, 6.45) is 9.67. The summed E-state index contributed by atoms with van der Waals surface area (Å²) in [4.78, 5) is 50.5.